The molecule has 0 radical (unpaired) electrons. The van der Waals surface area contributed by atoms with Crippen LogP contribution in [0, 0.1) is 5.82 Å². The molecular formula is C13H14FN3O. The van der Waals surface area contributed by atoms with Gasteiger partial charge in [0.15, 0.2) is 0 Å². The highest BCUT2D eigenvalue weighted by Gasteiger charge is 2.04. The molecule has 4 nitrogen and oxygen atoms in total. The van der Waals surface area contributed by atoms with E-state index in [-0.39, 0.29) is 5.82 Å². The van der Waals surface area contributed by atoms with Crippen LogP contribution in [0.25, 0.3) is 0 Å². The van der Waals surface area contributed by atoms with Gasteiger partial charge in [-0.2, -0.15) is 4.98 Å². The Morgan fingerprint density at radius 2 is 1.94 bits per heavy atom. The van der Waals surface area contributed by atoms with Crippen LogP contribution in [-0.4, -0.2) is 9.97 Å². The molecule has 18 heavy (non-hydrogen) atoms. The zero-order valence-electron chi connectivity index (χ0n) is 10.1. The Bertz CT molecular complexity index is 528. The number of anilines is 1. The van der Waals surface area contributed by atoms with E-state index in [2.05, 4.69) is 9.97 Å². The Balaban J connectivity index is 2.20. The first-order chi connectivity index (χ1) is 8.67. The number of benzene rings is 1. The van der Waals surface area contributed by atoms with Crippen LogP contribution in [0.4, 0.5) is 10.2 Å². The Kier molecular flexibility index (Phi) is 3.72. The lowest BCUT2D eigenvalue weighted by molar-refractivity contribution is 0.457. The van der Waals surface area contributed by atoms with E-state index in [0.717, 1.165) is 12.8 Å². The second-order valence-electron chi connectivity index (χ2n) is 3.85. The minimum Gasteiger partial charge on any atom is -0.439 e. The van der Waals surface area contributed by atoms with Gasteiger partial charge in [0.1, 0.15) is 23.2 Å². The van der Waals surface area contributed by atoms with Crippen LogP contribution < -0.4 is 10.5 Å². The zero-order chi connectivity index (χ0) is 13.0. The smallest absolute Gasteiger partial charge is 0.224 e. The molecule has 0 atom stereocenters. The summed E-state index contributed by atoms with van der Waals surface area (Å²) < 4.78 is 18.3. The van der Waals surface area contributed by atoms with Gasteiger partial charge in [-0.15, -0.1) is 0 Å². The number of aromatic nitrogens is 2. The van der Waals surface area contributed by atoms with Gasteiger partial charge in [0.2, 0.25) is 5.88 Å². The van der Waals surface area contributed by atoms with E-state index in [0.29, 0.717) is 23.3 Å². The highest BCUT2D eigenvalue weighted by molar-refractivity contribution is 5.35. The summed E-state index contributed by atoms with van der Waals surface area (Å²) in [7, 11) is 0. The summed E-state index contributed by atoms with van der Waals surface area (Å²) in [5.74, 6) is 1.59. The van der Waals surface area contributed by atoms with Gasteiger partial charge in [0.05, 0.1) is 0 Å². The van der Waals surface area contributed by atoms with E-state index in [9.17, 15) is 4.39 Å². The molecule has 0 spiro atoms. The standard InChI is InChI=1S/C13H14FN3O/c1-2-3-12-16-11(15)8-13(17-12)18-10-6-4-9(14)5-7-10/h4-8H,2-3H2,1H3,(H2,15,16,17). The molecule has 94 valence electrons. The lowest BCUT2D eigenvalue weighted by Crippen LogP contribution is -2.01. The van der Waals surface area contributed by atoms with Crippen molar-refractivity contribution in [1.82, 2.24) is 9.97 Å². The monoisotopic (exact) mass is 247 g/mol. The van der Waals surface area contributed by atoms with Gasteiger partial charge >= 0.3 is 0 Å². The second kappa shape index (κ2) is 5.44. The van der Waals surface area contributed by atoms with Crippen molar-refractivity contribution in [2.75, 3.05) is 5.73 Å². The van der Waals surface area contributed by atoms with Crippen LogP contribution in [0.5, 0.6) is 11.6 Å². The van der Waals surface area contributed by atoms with Gasteiger partial charge in [-0.25, -0.2) is 9.37 Å². The summed E-state index contributed by atoms with van der Waals surface area (Å²) in [4.78, 5) is 8.34. The molecule has 1 aromatic carbocycles. The topological polar surface area (TPSA) is 61.0 Å². The largest absolute Gasteiger partial charge is 0.439 e. The molecule has 2 N–H and O–H groups in total. The average Bonchev–Trinajstić information content (AvgIpc) is 2.32. The molecule has 0 aliphatic carbocycles. The van der Waals surface area contributed by atoms with Gasteiger partial charge in [-0.3, -0.25) is 0 Å². The number of rotatable bonds is 4. The summed E-state index contributed by atoms with van der Waals surface area (Å²) in [6.07, 6.45) is 1.67. The minimum atomic E-state index is -0.309. The van der Waals surface area contributed by atoms with Gasteiger partial charge in [0.25, 0.3) is 0 Å². The summed E-state index contributed by atoms with van der Waals surface area (Å²) in [5.41, 5.74) is 5.68. The van der Waals surface area contributed by atoms with Crippen molar-refractivity contribution in [2.45, 2.75) is 19.8 Å². The van der Waals surface area contributed by atoms with Crippen LogP contribution in [0.15, 0.2) is 30.3 Å². The quantitative estimate of drug-likeness (QED) is 0.902. The third-order valence-electron chi connectivity index (χ3n) is 2.28. The fourth-order valence-electron chi connectivity index (χ4n) is 1.50. The van der Waals surface area contributed by atoms with E-state index >= 15 is 0 Å². The number of nitrogen functional groups attached to an aromatic ring is 1. The van der Waals surface area contributed by atoms with Gasteiger partial charge in [-0.1, -0.05) is 6.92 Å². The SMILES string of the molecule is CCCc1nc(N)cc(Oc2ccc(F)cc2)n1. The maximum atomic E-state index is 12.8. The number of hydrogen-bond acceptors (Lipinski definition) is 4. The number of halogens is 1. The summed E-state index contributed by atoms with van der Waals surface area (Å²) in [6.45, 7) is 2.03. The average molecular weight is 247 g/mol. The van der Waals surface area contributed by atoms with Crippen molar-refractivity contribution in [1.29, 1.82) is 0 Å². The van der Waals surface area contributed by atoms with Crippen molar-refractivity contribution >= 4 is 5.82 Å². The third-order valence-corrected chi connectivity index (χ3v) is 2.28. The Morgan fingerprint density at radius 1 is 1.22 bits per heavy atom. The molecule has 0 saturated heterocycles. The Labute approximate surface area is 105 Å². The normalized spacial score (nSPS) is 10.3. The Hall–Kier alpha value is -2.17. The Morgan fingerprint density at radius 3 is 2.61 bits per heavy atom. The number of nitrogens with two attached hydrogens (primary N) is 1. The molecule has 0 bridgehead atoms. The third kappa shape index (κ3) is 3.16. The number of nitrogens with zero attached hydrogens (tertiary/aromatic N) is 2. The van der Waals surface area contributed by atoms with Crippen molar-refractivity contribution in [2.24, 2.45) is 0 Å². The minimum absolute atomic E-state index is 0.309. The van der Waals surface area contributed by atoms with E-state index in [4.69, 9.17) is 10.5 Å². The number of hydrogen-bond donors (Lipinski definition) is 1. The first-order valence-corrected chi connectivity index (χ1v) is 5.74. The molecule has 0 fully saturated rings. The van der Waals surface area contributed by atoms with Crippen LogP contribution >= 0.6 is 0 Å². The molecule has 5 heteroatoms. The molecule has 2 aromatic rings. The molecule has 2 rings (SSSR count). The number of aryl methyl sites for hydroxylation is 1. The molecular weight excluding hydrogens is 233 g/mol. The van der Waals surface area contributed by atoms with E-state index in [1.54, 1.807) is 6.07 Å². The van der Waals surface area contributed by atoms with Gasteiger partial charge in [-0.05, 0) is 30.7 Å². The maximum absolute atomic E-state index is 12.8. The lowest BCUT2D eigenvalue weighted by atomic mass is 10.3. The van der Waals surface area contributed by atoms with Crippen LogP contribution in [-0.2, 0) is 6.42 Å². The summed E-state index contributed by atoms with van der Waals surface area (Å²) in [6, 6.07) is 7.27. The fourth-order valence-corrected chi connectivity index (χ4v) is 1.50. The maximum Gasteiger partial charge on any atom is 0.224 e. The van der Waals surface area contributed by atoms with Crippen molar-refractivity contribution < 1.29 is 9.13 Å². The summed E-state index contributed by atoms with van der Waals surface area (Å²) in [5, 5.41) is 0. The molecule has 0 unspecified atom stereocenters. The molecule has 1 heterocycles. The summed E-state index contributed by atoms with van der Waals surface area (Å²) >= 11 is 0. The second-order valence-corrected chi connectivity index (χ2v) is 3.85. The lowest BCUT2D eigenvalue weighted by Gasteiger charge is -2.07. The molecule has 0 aliphatic rings. The predicted molar refractivity (Wildman–Crippen MR) is 66.9 cm³/mol. The molecule has 0 aliphatic heterocycles. The fraction of sp³-hybridized carbons (Fsp3) is 0.231. The highest BCUT2D eigenvalue weighted by atomic mass is 19.1. The van der Waals surface area contributed by atoms with E-state index < -0.39 is 0 Å². The van der Waals surface area contributed by atoms with Crippen molar-refractivity contribution in [3.05, 3.63) is 42.0 Å². The molecule has 1 aromatic heterocycles. The van der Waals surface area contributed by atoms with Crippen LogP contribution in [0.1, 0.15) is 19.2 Å². The highest BCUT2D eigenvalue weighted by Crippen LogP contribution is 2.21. The first-order valence-electron chi connectivity index (χ1n) is 5.74. The van der Waals surface area contributed by atoms with Crippen LogP contribution in [0.3, 0.4) is 0 Å². The molecule has 0 amide bonds. The van der Waals surface area contributed by atoms with E-state index in [1.165, 1.54) is 24.3 Å². The van der Waals surface area contributed by atoms with Gasteiger partial charge < -0.3 is 10.5 Å². The van der Waals surface area contributed by atoms with Gasteiger partial charge in [0, 0.05) is 12.5 Å². The van der Waals surface area contributed by atoms with Crippen molar-refractivity contribution in [3.63, 3.8) is 0 Å². The predicted octanol–water partition coefficient (Wildman–Crippen LogP) is 2.94. The zero-order valence-corrected chi connectivity index (χ0v) is 10.1. The molecule has 0 saturated carbocycles. The first kappa shape index (κ1) is 12.3. The van der Waals surface area contributed by atoms with Crippen molar-refractivity contribution in [3.8, 4) is 11.6 Å². The number of ether oxygens (including phenoxy) is 1. The van der Waals surface area contributed by atoms with Crippen LogP contribution in [0.2, 0.25) is 0 Å². The van der Waals surface area contributed by atoms with E-state index in [1.807, 2.05) is 6.92 Å².